The summed E-state index contributed by atoms with van der Waals surface area (Å²) in [5.41, 5.74) is 7.18. The summed E-state index contributed by atoms with van der Waals surface area (Å²) in [6, 6.07) is 13.5. The first-order valence-corrected chi connectivity index (χ1v) is 10.4. The Hall–Kier alpha value is -3.94. The van der Waals surface area contributed by atoms with Crippen LogP contribution in [0.3, 0.4) is 0 Å². The van der Waals surface area contributed by atoms with Crippen LogP contribution in [-0.4, -0.2) is 34.2 Å². The molecule has 2 heterocycles. The molecular weight excluding hydrogens is 406 g/mol. The third-order valence-corrected chi connectivity index (χ3v) is 4.80. The third kappa shape index (κ3) is 6.04. The van der Waals surface area contributed by atoms with Crippen molar-refractivity contribution in [2.24, 2.45) is 5.10 Å². The smallest absolute Gasteiger partial charge is 0.249 e. The first-order valence-electron chi connectivity index (χ1n) is 10.4. The van der Waals surface area contributed by atoms with Gasteiger partial charge in [-0.3, -0.25) is 14.6 Å². The van der Waals surface area contributed by atoms with E-state index in [0.29, 0.717) is 13.2 Å². The Bertz CT molecular complexity index is 1090. The van der Waals surface area contributed by atoms with Crippen molar-refractivity contribution in [2.45, 2.75) is 33.7 Å². The van der Waals surface area contributed by atoms with Crippen LogP contribution < -0.4 is 15.5 Å². The van der Waals surface area contributed by atoms with Gasteiger partial charge in [-0.2, -0.15) is 5.10 Å². The Morgan fingerprint density at radius 3 is 2.62 bits per heavy atom. The predicted octanol–water partition coefficient (Wildman–Crippen LogP) is 3.04. The zero-order chi connectivity index (χ0) is 22.9. The molecule has 2 amide bonds. The lowest BCUT2D eigenvalue weighted by atomic mass is 10.2. The summed E-state index contributed by atoms with van der Waals surface area (Å²) in [4.78, 5) is 27.9. The van der Waals surface area contributed by atoms with Crippen LogP contribution >= 0.6 is 0 Å². The molecule has 166 valence electrons. The van der Waals surface area contributed by atoms with E-state index in [-0.39, 0.29) is 12.3 Å². The predicted molar refractivity (Wildman–Crippen MR) is 123 cm³/mol. The Balaban J connectivity index is 1.55. The molecule has 0 spiro atoms. The van der Waals surface area contributed by atoms with Crippen LogP contribution in [0.15, 0.2) is 60.0 Å². The van der Waals surface area contributed by atoms with E-state index in [9.17, 15) is 9.59 Å². The number of hydrogen-bond acceptors (Lipinski definition) is 5. The molecule has 0 saturated carbocycles. The SMILES string of the molecule is CCOc1ccc(-n2c(C)cc(/C=N/NC(=O)CC(=O)NCc3cccnc3)c2C)cc1. The molecule has 3 aromatic rings. The molecule has 32 heavy (non-hydrogen) atoms. The Kier molecular flexibility index (Phi) is 7.75. The molecule has 0 aliphatic carbocycles. The van der Waals surface area contributed by atoms with E-state index in [4.69, 9.17) is 4.74 Å². The maximum atomic E-state index is 12.0. The Morgan fingerprint density at radius 1 is 1.16 bits per heavy atom. The van der Waals surface area contributed by atoms with Gasteiger partial charge in [0.25, 0.3) is 0 Å². The fourth-order valence-corrected chi connectivity index (χ4v) is 3.30. The van der Waals surface area contributed by atoms with Crippen molar-refractivity contribution in [2.75, 3.05) is 6.61 Å². The van der Waals surface area contributed by atoms with E-state index in [2.05, 4.69) is 25.4 Å². The number of hydrazone groups is 1. The molecule has 0 unspecified atom stereocenters. The van der Waals surface area contributed by atoms with Gasteiger partial charge >= 0.3 is 0 Å². The molecule has 0 bridgehead atoms. The zero-order valence-corrected chi connectivity index (χ0v) is 18.5. The molecule has 1 aromatic carbocycles. The number of rotatable bonds is 9. The number of ether oxygens (including phenoxy) is 1. The van der Waals surface area contributed by atoms with Gasteiger partial charge in [0.05, 0.1) is 12.8 Å². The highest BCUT2D eigenvalue weighted by atomic mass is 16.5. The second-order valence-electron chi connectivity index (χ2n) is 7.20. The molecule has 0 saturated heterocycles. The standard InChI is InChI=1S/C24H27N5O3/c1-4-32-22-9-7-21(8-10-22)29-17(2)12-20(18(29)3)16-27-28-24(31)13-23(30)26-15-19-6-5-11-25-14-19/h5-12,14,16H,4,13,15H2,1-3H3,(H,26,30)(H,28,31)/b27-16+. The van der Waals surface area contributed by atoms with Gasteiger partial charge in [-0.05, 0) is 62.7 Å². The van der Waals surface area contributed by atoms with E-state index in [0.717, 1.165) is 34.0 Å². The maximum Gasteiger partial charge on any atom is 0.249 e. The lowest BCUT2D eigenvalue weighted by Gasteiger charge is -2.10. The van der Waals surface area contributed by atoms with Crippen molar-refractivity contribution in [1.29, 1.82) is 0 Å². The van der Waals surface area contributed by atoms with Gasteiger partial charge in [0.2, 0.25) is 11.8 Å². The van der Waals surface area contributed by atoms with Crippen molar-refractivity contribution >= 4 is 18.0 Å². The molecule has 0 atom stereocenters. The van der Waals surface area contributed by atoms with Gasteiger partial charge in [-0.25, -0.2) is 5.43 Å². The summed E-state index contributed by atoms with van der Waals surface area (Å²) in [7, 11) is 0. The molecule has 2 N–H and O–H groups in total. The Morgan fingerprint density at radius 2 is 1.94 bits per heavy atom. The average molecular weight is 434 g/mol. The lowest BCUT2D eigenvalue weighted by molar-refractivity contribution is -0.129. The highest BCUT2D eigenvalue weighted by molar-refractivity contribution is 5.97. The molecule has 0 fully saturated rings. The van der Waals surface area contributed by atoms with Crippen molar-refractivity contribution in [3.8, 4) is 11.4 Å². The minimum absolute atomic E-state index is 0.303. The number of nitrogens with one attached hydrogen (secondary N) is 2. The van der Waals surface area contributed by atoms with E-state index >= 15 is 0 Å². The van der Waals surface area contributed by atoms with E-state index < -0.39 is 5.91 Å². The average Bonchev–Trinajstić information content (AvgIpc) is 3.07. The number of pyridine rings is 1. The van der Waals surface area contributed by atoms with Gasteiger partial charge in [-0.1, -0.05) is 6.07 Å². The molecule has 8 nitrogen and oxygen atoms in total. The number of nitrogens with zero attached hydrogens (tertiary/aromatic N) is 3. The molecule has 0 radical (unpaired) electrons. The van der Waals surface area contributed by atoms with Gasteiger partial charge in [-0.15, -0.1) is 0 Å². The first-order chi connectivity index (χ1) is 15.5. The van der Waals surface area contributed by atoms with Crippen molar-refractivity contribution in [1.82, 2.24) is 20.3 Å². The number of amides is 2. The molecule has 0 aliphatic rings. The molecule has 2 aromatic heterocycles. The number of aryl methyl sites for hydroxylation is 1. The summed E-state index contributed by atoms with van der Waals surface area (Å²) in [5, 5.41) is 6.70. The van der Waals surface area contributed by atoms with Crippen molar-refractivity contribution < 1.29 is 14.3 Å². The topological polar surface area (TPSA) is 97.6 Å². The lowest BCUT2D eigenvalue weighted by Crippen LogP contribution is -2.29. The quantitative estimate of drug-likeness (QED) is 0.308. The monoisotopic (exact) mass is 433 g/mol. The zero-order valence-electron chi connectivity index (χ0n) is 18.5. The minimum Gasteiger partial charge on any atom is -0.494 e. The highest BCUT2D eigenvalue weighted by Gasteiger charge is 2.11. The first kappa shape index (κ1) is 22.7. The fraction of sp³-hybridized carbons (Fsp3) is 0.250. The minimum atomic E-state index is -0.481. The largest absolute Gasteiger partial charge is 0.494 e. The molecular formula is C24H27N5O3. The van der Waals surface area contributed by atoms with Crippen LogP contribution in [0, 0.1) is 13.8 Å². The molecule has 0 aliphatic heterocycles. The van der Waals surface area contributed by atoms with Gasteiger partial charge < -0.3 is 14.6 Å². The van der Waals surface area contributed by atoms with Crippen molar-refractivity contribution in [3.05, 3.63) is 77.4 Å². The Labute approximate surface area is 187 Å². The van der Waals surface area contributed by atoms with E-state index in [1.165, 1.54) is 0 Å². The van der Waals surface area contributed by atoms with Gasteiger partial charge in [0.15, 0.2) is 0 Å². The summed E-state index contributed by atoms with van der Waals surface area (Å²) in [6.45, 7) is 6.89. The molecule has 3 rings (SSSR count). The number of carbonyl (C=O) groups excluding carboxylic acids is 2. The third-order valence-electron chi connectivity index (χ3n) is 4.80. The molecule has 8 heteroatoms. The van der Waals surface area contributed by atoms with Crippen LogP contribution in [0.1, 0.15) is 35.9 Å². The number of hydrogen-bond donors (Lipinski definition) is 2. The van der Waals surface area contributed by atoms with Crippen LogP contribution in [0.4, 0.5) is 0 Å². The summed E-state index contributed by atoms with van der Waals surface area (Å²) < 4.78 is 7.60. The summed E-state index contributed by atoms with van der Waals surface area (Å²) in [6.07, 6.45) is 4.60. The van der Waals surface area contributed by atoms with Crippen molar-refractivity contribution in [3.63, 3.8) is 0 Å². The van der Waals surface area contributed by atoms with E-state index in [1.54, 1.807) is 24.7 Å². The van der Waals surface area contributed by atoms with Crippen LogP contribution in [0.2, 0.25) is 0 Å². The van der Waals surface area contributed by atoms with Gasteiger partial charge in [0, 0.05) is 41.6 Å². The summed E-state index contributed by atoms with van der Waals surface area (Å²) >= 11 is 0. The van der Waals surface area contributed by atoms with E-state index in [1.807, 2.05) is 57.2 Å². The van der Waals surface area contributed by atoms with Crippen LogP contribution in [-0.2, 0) is 16.1 Å². The fourth-order valence-electron chi connectivity index (χ4n) is 3.30. The number of aromatic nitrogens is 2. The maximum absolute atomic E-state index is 12.0. The van der Waals surface area contributed by atoms with Crippen LogP contribution in [0.25, 0.3) is 5.69 Å². The normalized spacial score (nSPS) is 10.8. The number of carbonyl (C=O) groups is 2. The summed E-state index contributed by atoms with van der Waals surface area (Å²) in [5.74, 6) is -0.0341. The second-order valence-corrected chi connectivity index (χ2v) is 7.20. The van der Waals surface area contributed by atoms with Crippen LogP contribution in [0.5, 0.6) is 5.75 Å². The number of benzene rings is 1. The second kappa shape index (κ2) is 10.9. The van der Waals surface area contributed by atoms with Gasteiger partial charge in [0.1, 0.15) is 12.2 Å². The highest BCUT2D eigenvalue weighted by Crippen LogP contribution is 2.22.